The van der Waals surface area contributed by atoms with Crippen molar-refractivity contribution in [3.05, 3.63) is 42.5 Å². The molecule has 0 spiro atoms. The quantitative estimate of drug-likeness (QED) is 0.567. The maximum absolute atomic E-state index is 12.1. The van der Waals surface area contributed by atoms with Gasteiger partial charge in [0.15, 0.2) is 0 Å². The van der Waals surface area contributed by atoms with Crippen LogP contribution in [0.3, 0.4) is 0 Å². The lowest BCUT2D eigenvalue weighted by molar-refractivity contribution is 0.0957. The Labute approximate surface area is 119 Å². The summed E-state index contributed by atoms with van der Waals surface area (Å²) in [5.41, 5.74) is 1.58. The highest BCUT2D eigenvalue weighted by molar-refractivity contribution is 7.99. The number of anilines is 1. The summed E-state index contributed by atoms with van der Waals surface area (Å²) in [6.45, 7) is 8.45. The molecule has 0 aromatic heterocycles. The van der Waals surface area contributed by atoms with Gasteiger partial charge in [-0.2, -0.15) is 11.8 Å². The molecule has 3 nitrogen and oxygen atoms in total. The standard InChI is InChI=1S/C15H22N2OS/c1-4-10-19-11-9-16-15(18)13-7-5-6-8-14(13)17-12(2)3/h4-8,12,17H,1,9-11H2,2-3H3,(H,16,18). The third-order valence-electron chi connectivity index (χ3n) is 2.38. The Kier molecular flexibility index (Phi) is 7.11. The Morgan fingerprint density at radius 2 is 2.16 bits per heavy atom. The summed E-state index contributed by atoms with van der Waals surface area (Å²) in [7, 11) is 0. The Morgan fingerprint density at radius 3 is 2.84 bits per heavy atom. The number of thioether (sulfide) groups is 1. The van der Waals surface area contributed by atoms with Gasteiger partial charge >= 0.3 is 0 Å². The molecule has 104 valence electrons. The Bertz CT molecular complexity index is 418. The Morgan fingerprint density at radius 1 is 1.42 bits per heavy atom. The number of amides is 1. The maximum atomic E-state index is 12.1. The van der Waals surface area contributed by atoms with Gasteiger partial charge < -0.3 is 10.6 Å². The lowest BCUT2D eigenvalue weighted by Crippen LogP contribution is -2.27. The van der Waals surface area contributed by atoms with Crippen LogP contribution in [-0.2, 0) is 0 Å². The van der Waals surface area contributed by atoms with E-state index < -0.39 is 0 Å². The van der Waals surface area contributed by atoms with Crippen molar-refractivity contribution >= 4 is 23.4 Å². The van der Waals surface area contributed by atoms with E-state index in [4.69, 9.17) is 0 Å². The van der Waals surface area contributed by atoms with Crippen LogP contribution in [0.25, 0.3) is 0 Å². The minimum absolute atomic E-state index is 0.0250. The first kappa shape index (κ1) is 15.6. The van der Waals surface area contributed by atoms with Gasteiger partial charge in [-0.3, -0.25) is 4.79 Å². The number of carbonyl (C=O) groups is 1. The highest BCUT2D eigenvalue weighted by atomic mass is 32.2. The number of benzene rings is 1. The molecular weight excluding hydrogens is 256 g/mol. The fourth-order valence-corrected chi connectivity index (χ4v) is 2.20. The van der Waals surface area contributed by atoms with Crippen LogP contribution in [0.4, 0.5) is 5.69 Å². The monoisotopic (exact) mass is 278 g/mol. The van der Waals surface area contributed by atoms with E-state index in [2.05, 4.69) is 31.1 Å². The van der Waals surface area contributed by atoms with Crippen LogP contribution in [0.1, 0.15) is 24.2 Å². The average Bonchev–Trinajstić information content (AvgIpc) is 2.38. The molecule has 4 heteroatoms. The Balaban J connectivity index is 2.53. The molecule has 0 aliphatic rings. The molecule has 0 bridgehead atoms. The van der Waals surface area contributed by atoms with Crippen LogP contribution in [0.5, 0.6) is 0 Å². The van der Waals surface area contributed by atoms with Crippen molar-refractivity contribution in [3.8, 4) is 0 Å². The van der Waals surface area contributed by atoms with Gasteiger partial charge in [-0.05, 0) is 26.0 Å². The summed E-state index contributed by atoms with van der Waals surface area (Å²) >= 11 is 1.76. The van der Waals surface area contributed by atoms with Gasteiger partial charge in [-0.1, -0.05) is 18.2 Å². The molecule has 0 saturated carbocycles. The maximum Gasteiger partial charge on any atom is 0.253 e. The lowest BCUT2D eigenvalue weighted by atomic mass is 10.1. The number of nitrogens with one attached hydrogen (secondary N) is 2. The predicted octanol–water partition coefficient (Wildman–Crippen LogP) is 3.16. The summed E-state index contributed by atoms with van der Waals surface area (Å²) in [4.78, 5) is 12.1. The fourth-order valence-electron chi connectivity index (χ4n) is 1.62. The second kappa shape index (κ2) is 8.64. The van der Waals surface area contributed by atoms with Crippen molar-refractivity contribution in [2.75, 3.05) is 23.4 Å². The van der Waals surface area contributed by atoms with Gasteiger partial charge in [-0.15, -0.1) is 6.58 Å². The molecule has 0 aliphatic heterocycles. The van der Waals surface area contributed by atoms with Gasteiger partial charge in [0.25, 0.3) is 5.91 Å². The zero-order valence-corrected chi connectivity index (χ0v) is 12.4. The highest BCUT2D eigenvalue weighted by Crippen LogP contribution is 2.15. The zero-order chi connectivity index (χ0) is 14.1. The molecule has 0 heterocycles. The smallest absolute Gasteiger partial charge is 0.253 e. The van der Waals surface area contributed by atoms with E-state index >= 15 is 0 Å². The van der Waals surface area contributed by atoms with Gasteiger partial charge in [0, 0.05) is 29.8 Å². The van der Waals surface area contributed by atoms with Crippen LogP contribution < -0.4 is 10.6 Å². The molecule has 0 unspecified atom stereocenters. The molecule has 1 amide bonds. The normalized spacial score (nSPS) is 10.3. The van der Waals surface area contributed by atoms with E-state index in [1.54, 1.807) is 11.8 Å². The van der Waals surface area contributed by atoms with Crippen molar-refractivity contribution in [2.24, 2.45) is 0 Å². The molecule has 0 atom stereocenters. The summed E-state index contributed by atoms with van der Waals surface area (Å²) in [6.07, 6.45) is 1.87. The van der Waals surface area contributed by atoms with E-state index in [9.17, 15) is 4.79 Å². The third-order valence-corrected chi connectivity index (χ3v) is 3.35. The van der Waals surface area contributed by atoms with E-state index in [-0.39, 0.29) is 5.91 Å². The highest BCUT2D eigenvalue weighted by Gasteiger charge is 2.10. The Hall–Kier alpha value is -1.42. The number of carbonyl (C=O) groups excluding carboxylic acids is 1. The van der Waals surface area contributed by atoms with Gasteiger partial charge in [0.2, 0.25) is 0 Å². The van der Waals surface area contributed by atoms with Crippen molar-refractivity contribution in [3.63, 3.8) is 0 Å². The first-order valence-electron chi connectivity index (χ1n) is 6.47. The fraction of sp³-hybridized carbons (Fsp3) is 0.400. The number of hydrogen-bond acceptors (Lipinski definition) is 3. The first-order chi connectivity index (χ1) is 9.15. The van der Waals surface area contributed by atoms with Crippen molar-refractivity contribution in [1.29, 1.82) is 0 Å². The van der Waals surface area contributed by atoms with Crippen molar-refractivity contribution in [1.82, 2.24) is 5.32 Å². The van der Waals surface area contributed by atoms with Crippen LogP contribution in [0, 0.1) is 0 Å². The molecule has 0 radical (unpaired) electrons. The zero-order valence-electron chi connectivity index (χ0n) is 11.6. The second-order valence-electron chi connectivity index (χ2n) is 4.46. The number of para-hydroxylation sites is 1. The minimum atomic E-state index is -0.0250. The van der Waals surface area contributed by atoms with Crippen LogP contribution in [-0.4, -0.2) is 30.0 Å². The van der Waals surface area contributed by atoms with Gasteiger partial charge in [0.05, 0.1) is 5.56 Å². The topological polar surface area (TPSA) is 41.1 Å². The van der Waals surface area contributed by atoms with E-state index in [1.807, 2.05) is 30.3 Å². The molecular formula is C15H22N2OS. The molecule has 1 aromatic rings. The molecule has 2 N–H and O–H groups in total. The third kappa shape index (κ3) is 5.83. The SMILES string of the molecule is C=CCSCCNC(=O)c1ccccc1NC(C)C. The molecule has 0 fully saturated rings. The second-order valence-corrected chi connectivity index (χ2v) is 5.61. The molecule has 0 aliphatic carbocycles. The van der Waals surface area contributed by atoms with E-state index in [0.717, 1.165) is 17.2 Å². The van der Waals surface area contributed by atoms with Crippen LogP contribution >= 0.6 is 11.8 Å². The molecule has 19 heavy (non-hydrogen) atoms. The predicted molar refractivity (Wildman–Crippen MR) is 85.1 cm³/mol. The summed E-state index contributed by atoms with van der Waals surface area (Å²) in [5, 5.41) is 6.22. The summed E-state index contributed by atoms with van der Waals surface area (Å²) in [6, 6.07) is 7.89. The largest absolute Gasteiger partial charge is 0.382 e. The molecule has 1 rings (SSSR count). The summed E-state index contributed by atoms with van der Waals surface area (Å²) in [5.74, 6) is 1.79. The van der Waals surface area contributed by atoms with Gasteiger partial charge in [-0.25, -0.2) is 0 Å². The molecule has 0 saturated heterocycles. The van der Waals surface area contributed by atoms with Gasteiger partial charge in [0.1, 0.15) is 0 Å². The lowest BCUT2D eigenvalue weighted by Gasteiger charge is -2.14. The average molecular weight is 278 g/mol. The van der Waals surface area contributed by atoms with Crippen molar-refractivity contribution in [2.45, 2.75) is 19.9 Å². The first-order valence-corrected chi connectivity index (χ1v) is 7.63. The number of hydrogen-bond donors (Lipinski definition) is 2. The summed E-state index contributed by atoms with van der Waals surface area (Å²) < 4.78 is 0. The molecule has 1 aromatic carbocycles. The van der Waals surface area contributed by atoms with Crippen LogP contribution in [0.15, 0.2) is 36.9 Å². The number of rotatable bonds is 8. The van der Waals surface area contributed by atoms with E-state index in [1.165, 1.54) is 0 Å². The minimum Gasteiger partial charge on any atom is -0.382 e. The van der Waals surface area contributed by atoms with Crippen molar-refractivity contribution < 1.29 is 4.79 Å². The van der Waals surface area contributed by atoms with Crippen LogP contribution in [0.2, 0.25) is 0 Å². The van der Waals surface area contributed by atoms with E-state index in [0.29, 0.717) is 18.2 Å².